The van der Waals surface area contributed by atoms with E-state index >= 15 is 0 Å². The van der Waals surface area contributed by atoms with Gasteiger partial charge in [0.1, 0.15) is 17.7 Å². The van der Waals surface area contributed by atoms with Crippen molar-refractivity contribution in [3.8, 4) is 22.5 Å². The number of ether oxygens (including phenoxy) is 1. The predicted octanol–water partition coefficient (Wildman–Crippen LogP) is 5.74. The topological polar surface area (TPSA) is 64.3 Å². The second kappa shape index (κ2) is 9.93. The van der Waals surface area contributed by atoms with Crippen LogP contribution in [0.5, 0.6) is 0 Å². The molecule has 0 unspecified atom stereocenters. The van der Waals surface area contributed by atoms with Crippen LogP contribution in [-0.2, 0) is 9.53 Å². The summed E-state index contributed by atoms with van der Waals surface area (Å²) in [5.41, 5.74) is 3.42. The molecule has 1 saturated heterocycles. The van der Waals surface area contributed by atoms with Gasteiger partial charge in [-0.1, -0.05) is 26.0 Å². The van der Waals surface area contributed by atoms with Gasteiger partial charge < -0.3 is 14.4 Å². The molecule has 1 fully saturated rings. The van der Waals surface area contributed by atoms with Crippen molar-refractivity contribution in [1.82, 2.24) is 9.55 Å². The van der Waals surface area contributed by atoms with Crippen molar-refractivity contribution in [1.29, 1.82) is 0 Å². The molecule has 0 amide bonds. The maximum absolute atomic E-state index is 13.7. The monoisotopic (exact) mass is 466 g/mol. The number of benzene rings is 2. The Labute approximate surface area is 197 Å². The summed E-state index contributed by atoms with van der Waals surface area (Å²) in [6.45, 7) is 4.13. The summed E-state index contributed by atoms with van der Waals surface area (Å²) in [7, 11) is 0. The zero-order valence-electron chi connectivity index (χ0n) is 18.9. The number of hydrogen-bond acceptors (Lipinski definition) is 5. The minimum atomic E-state index is -0.713. The molecule has 0 spiro atoms. The summed E-state index contributed by atoms with van der Waals surface area (Å²) in [6.07, 6.45) is 4.79. The van der Waals surface area contributed by atoms with Crippen molar-refractivity contribution in [2.45, 2.75) is 49.7 Å². The maximum Gasteiger partial charge on any atom is 0.309 e. The van der Waals surface area contributed by atoms with E-state index in [2.05, 4.69) is 26.0 Å². The molecule has 1 aliphatic heterocycles. The fraction of sp³-hybridized carbons (Fsp3) is 0.308. The first kappa shape index (κ1) is 23.3. The van der Waals surface area contributed by atoms with Gasteiger partial charge in [0.05, 0.1) is 23.9 Å². The predicted molar refractivity (Wildman–Crippen MR) is 129 cm³/mol. The van der Waals surface area contributed by atoms with Gasteiger partial charge in [-0.3, -0.25) is 4.79 Å². The SMILES string of the molecule is CSc1cccc(-c2nc(C(C)C)n(/C=C/[C@@H]3C[C@@H](O)CC(=O)O3)c2-c2ccc(F)cc2)c1. The van der Waals surface area contributed by atoms with Crippen LogP contribution in [0.3, 0.4) is 0 Å². The highest BCUT2D eigenvalue weighted by Crippen LogP contribution is 2.36. The van der Waals surface area contributed by atoms with Crippen molar-refractivity contribution in [2.24, 2.45) is 0 Å². The molecule has 0 bridgehead atoms. The fourth-order valence-electron chi connectivity index (χ4n) is 3.97. The van der Waals surface area contributed by atoms with E-state index < -0.39 is 18.2 Å². The van der Waals surface area contributed by atoms with E-state index in [1.165, 1.54) is 12.1 Å². The van der Waals surface area contributed by atoms with Crippen molar-refractivity contribution < 1.29 is 19.0 Å². The van der Waals surface area contributed by atoms with Crippen LogP contribution >= 0.6 is 11.8 Å². The van der Waals surface area contributed by atoms with Crippen molar-refractivity contribution in [3.63, 3.8) is 0 Å². The summed E-state index contributed by atoms with van der Waals surface area (Å²) < 4.78 is 21.1. The first-order valence-electron chi connectivity index (χ1n) is 10.9. The number of aliphatic hydroxyl groups is 1. The van der Waals surface area contributed by atoms with Crippen LogP contribution < -0.4 is 0 Å². The Kier molecular flexibility index (Phi) is 7.00. The van der Waals surface area contributed by atoms with Crippen LogP contribution in [0, 0.1) is 5.82 Å². The zero-order chi connectivity index (χ0) is 23.5. The average molecular weight is 467 g/mol. The Hall–Kier alpha value is -2.90. The molecule has 2 atom stereocenters. The number of carbonyl (C=O) groups excluding carboxylic acids is 1. The van der Waals surface area contributed by atoms with Crippen LogP contribution in [0.25, 0.3) is 28.7 Å². The molecule has 1 aromatic heterocycles. The van der Waals surface area contributed by atoms with E-state index in [9.17, 15) is 14.3 Å². The van der Waals surface area contributed by atoms with Crippen molar-refractivity contribution in [3.05, 3.63) is 66.2 Å². The lowest BCUT2D eigenvalue weighted by atomic mass is 10.0. The number of esters is 1. The number of carbonyl (C=O) groups is 1. The molecule has 172 valence electrons. The summed E-state index contributed by atoms with van der Waals surface area (Å²) in [5, 5.41) is 9.96. The Morgan fingerprint density at radius 2 is 1.97 bits per heavy atom. The first-order chi connectivity index (χ1) is 15.9. The Balaban J connectivity index is 1.88. The summed E-state index contributed by atoms with van der Waals surface area (Å²) in [5.74, 6) is 0.216. The minimum absolute atomic E-state index is 0.0173. The van der Waals surface area contributed by atoms with Gasteiger partial charge in [0, 0.05) is 34.6 Å². The third kappa shape index (κ3) is 5.20. The van der Waals surface area contributed by atoms with Gasteiger partial charge in [0.2, 0.25) is 0 Å². The van der Waals surface area contributed by atoms with Crippen LogP contribution in [0.1, 0.15) is 38.4 Å². The molecule has 33 heavy (non-hydrogen) atoms. The first-order valence-corrected chi connectivity index (χ1v) is 12.2. The van der Waals surface area contributed by atoms with Gasteiger partial charge in [-0.25, -0.2) is 9.37 Å². The lowest BCUT2D eigenvalue weighted by Crippen LogP contribution is -2.31. The van der Waals surface area contributed by atoms with Crippen molar-refractivity contribution >= 4 is 23.9 Å². The van der Waals surface area contributed by atoms with Gasteiger partial charge in [-0.2, -0.15) is 0 Å². The number of aliphatic hydroxyl groups excluding tert-OH is 1. The molecule has 5 nitrogen and oxygen atoms in total. The molecule has 2 heterocycles. The van der Waals surface area contributed by atoms with E-state index in [0.717, 1.165) is 33.2 Å². The molecule has 0 radical (unpaired) electrons. The molecule has 0 aliphatic carbocycles. The van der Waals surface area contributed by atoms with E-state index in [1.807, 2.05) is 29.2 Å². The number of nitrogens with zero attached hydrogens (tertiary/aromatic N) is 2. The Bertz CT molecular complexity index is 1170. The molecule has 1 N–H and O–H groups in total. The van der Waals surface area contributed by atoms with Gasteiger partial charge in [-0.05, 0) is 48.7 Å². The molecular weight excluding hydrogens is 439 g/mol. The van der Waals surface area contributed by atoms with Gasteiger partial charge in [0.15, 0.2) is 0 Å². The second-order valence-corrected chi connectivity index (χ2v) is 9.27. The highest BCUT2D eigenvalue weighted by molar-refractivity contribution is 7.98. The molecule has 2 aromatic carbocycles. The molecule has 1 aliphatic rings. The highest BCUT2D eigenvalue weighted by atomic mass is 32.2. The minimum Gasteiger partial charge on any atom is -0.458 e. The smallest absolute Gasteiger partial charge is 0.309 e. The van der Waals surface area contributed by atoms with E-state index in [0.29, 0.717) is 6.42 Å². The number of rotatable bonds is 6. The number of imidazole rings is 1. The van der Waals surface area contributed by atoms with E-state index in [4.69, 9.17) is 9.72 Å². The molecule has 0 saturated carbocycles. The molecule has 4 rings (SSSR count). The molecular formula is C26H27FN2O3S. The number of halogens is 1. The summed E-state index contributed by atoms with van der Waals surface area (Å²) in [6, 6.07) is 14.5. The van der Waals surface area contributed by atoms with Gasteiger partial charge in [-0.15, -0.1) is 11.8 Å². The fourth-order valence-corrected chi connectivity index (χ4v) is 4.43. The number of thioether (sulfide) groups is 1. The third-order valence-electron chi connectivity index (χ3n) is 5.55. The van der Waals surface area contributed by atoms with Crippen LogP contribution in [0.4, 0.5) is 4.39 Å². The Morgan fingerprint density at radius 3 is 2.64 bits per heavy atom. The normalized spacial score (nSPS) is 18.8. The average Bonchev–Trinajstić information content (AvgIpc) is 3.17. The van der Waals surface area contributed by atoms with E-state index in [-0.39, 0.29) is 18.2 Å². The zero-order valence-corrected chi connectivity index (χ0v) is 19.7. The van der Waals surface area contributed by atoms with Crippen LogP contribution in [0.2, 0.25) is 0 Å². The molecule has 7 heteroatoms. The van der Waals surface area contributed by atoms with Crippen molar-refractivity contribution in [2.75, 3.05) is 6.26 Å². The standard InChI is InChI=1S/C26H27FN2O3S/c1-16(2)26-28-24(18-5-4-6-22(13-18)33-3)25(17-7-9-19(27)10-8-17)29(26)12-11-21-14-20(30)15-23(31)32-21/h4-13,16,20-21,30H,14-15H2,1-3H3/b12-11+/t20-,21-/m1/s1. The Morgan fingerprint density at radius 1 is 1.21 bits per heavy atom. The summed E-state index contributed by atoms with van der Waals surface area (Å²) >= 11 is 1.66. The largest absolute Gasteiger partial charge is 0.458 e. The second-order valence-electron chi connectivity index (χ2n) is 8.39. The van der Waals surface area contributed by atoms with Crippen LogP contribution in [0.15, 0.2) is 59.5 Å². The molecule has 3 aromatic rings. The summed E-state index contributed by atoms with van der Waals surface area (Å²) in [4.78, 5) is 17.9. The number of cyclic esters (lactones) is 1. The third-order valence-corrected chi connectivity index (χ3v) is 6.28. The van der Waals surface area contributed by atoms with Crippen LogP contribution in [-0.4, -0.2) is 39.1 Å². The lowest BCUT2D eigenvalue weighted by molar-refractivity contribution is -0.156. The van der Waals surface area contributed by atoms with E-state index in [1.54, 1.807) is 30.0 Å². The lowest BCUT2D eigenvalue weighted by Gasteiger charge is -2.23. The number of aromatic nitrogens is 2. The van der Waals surface area contributed by atoms with Gasteiger partial charge >= 0.3 is 5.97 Å². The quantitative estimate of drug-likeness (QED) is 0.371. The highest BCUT2D eigenvalue weighted by Gasteiger charge is 2.26. The number of hydrogen-bond donors (Lipinski definition) is 1. The maximum atomic E-state index is 13.7. The van der Waals surface area contributed by atoms with Gasteiger partial charge in [0.25, 0.3) is 0 Å².